The highest BCUT2D eigenvalue weighted by Gasteiger charge is 2.31. The molecule has 0 bridgehead atoms. The number of anilines is 2. The molecule has 1 aromatic heterocycles. The van der Waals surface area contributed by atoms with Gasteiger partial charge in [-0.2, -0.15) is 0 Å². The third kappa shape index (κ3) is 4.09. The highest BCUT2D eigenvalue weighted by Crippen LogP contribution is 2.44. The third-order valence-electron chi connectivity index (χ3n) is 6.97. The molecule has 0 saturated carbocycles. The summed E-state index contributed by atoms with van der Waals surface area (Å²) >= 11 is 0. The number of pyridine rings is 1. The molecule has 2 aliphatic heterocycles. The van der Waals surface area contributed by atoms with Gasteiger partial charge in [0.15, 0.2) is 0 Å². The molecule has 1 atom stereocenters. The number of carbonyl (C=O) groups is 1. The van der Waals surface area contributed by atoms with E-state index >= 15 is 4.39 Å². The van der Waals surface area contributed by atoms with Gasteiger partial charge in [0.1, 0.15) is 17.7 Å². The molecule has 33 heavy (non-hydrogen) atoms. The van der Waals surface area contributed by atoms with Gasteiger partial charge in [-0.1, -0.05) is 0 Å². The van der Waals surface area contributed by atoms with Crippen LogP contribution in [0, 0.1) is 12.7 Å². The quantitative estimate of drug-likeness (QED) is 0.663. The van der Waals surface area contributed by atoms with Crippen LogP contribution in [0.4, 0.5) is 15.8 Å². The lowest BCUT2D eigenvalue weighted by molar-refractivity contribution is 0.0958. The first-order valence-corrected chi connectivity index (χ1v) is 11.6. The lowest BCUT2D eigenvalue weighted by Gasteiger charge is -2.37. The van der Waals surface area contributed by atoms with Crippen molar-refractivity contribution in [2.24, 2.45) is 0 Å². The van der Waals surface area contributed by atoms with Crippen LogP contribution in [0.1, 0.15) is 46.6 Å². The van der Waals surface area contributed by atoms with Gasteiger partial charge >= 0.3 is 0 Å². The molecule has 0 radical (unpaired) electrons. The van der Waals surface area contributed by atoms with Gasteiger partial charge in [0.2, 0.25) is 0 Å². The van der Waals surface area contributed by atoms with E-state index in [9.17, 15) is 9.90 Å². The SMILES string of the molecule is CNC(=O)c1ccc(N2CCN(Cc3cc(F)c4c(c3)NC(O)C3=C4CCC3)CC2)c(C)n1. The van der Waals surface area contributed by atoms with Gasteiger partial charge in [0.05, 0.1) is 11.4 Å². The number of amides is 1. The van der Waals surface area contributed by atoms with E-state index in [0.717, 1.165) is 73.5 Å². The number of fused-ring (bicyclic) bond motifs is 2. The molecule has 1 amide bonds. The fraction of sp³-hybridized carbons (Fsp3) is 0.440. The van der Waals surface area contributed by atoms with Crippen molar-refractivity contribution in [1.82, 2.24) is 15.2 Å². The summed E-state index contributed by atoms with van der Waals surface area (Å²) in [6, 6.07) is 7.36. The van der Waals surface area contributed by atoms with Crippen molar-refractivity contribution in [3.63, 3.8) is 0 Å². The number of aryl methyl sites for hydroxylation is 1. The van der Waals surface area contributed by atoms with Gasteiger partial charge in [-0.05, 0) is 67.2 Å². The number of aliphatic hydroxyl groups excluding tert-OH is 1. The van der Waals surface area contributed by atoms with Gasteiger partial charge in [-0.25, -0.2) is 9.37 Å². The molecular formula is C25H30FN5O2. The van der Waals surface area contributed by atoms with Gasteiger partial charge in [0, 0.05) is 51.0 Å². The molecule has 0 spiro atoms. The molecule has 5 rings (SSSR count). The van der Waals surface area contributed by atoms with Gasteiger partial charge in [0.25, 0.3) is 5.91 Å². The molecule has 1 aliphatic carbocycles. The molecule has 3 aliphatic rings. The number of halogens is 1. The van der Waals surface area contributed by atoms with Crippen molar-refractivity contribution >= 4 is 22.9 Å². The summed E-state index contributed by atoms with van der Waals surface area (Å²) in [6.07, 6.45) is 1.92. The van der Waals surface area contributed by atoms with Crippen LogP contribution < -0.4 is 15.5 Å². The van der Waals surface area contributed by atoms with Crippen LogP contribution in [0.2, 0.25) is 0 Å². The molecule has 1 aromatic carbocycles. The third-order valence-corrected chi connectivity index (χ3v) is 6.97. The molecule has 3 N–H and O–H groups in total. The first-order valence-electron chi connectivity index (χ1n) is 11.6. The standard InChI is InChI=1S/C25H30FN5O2/c1-15-22(7-6-20(28-15)25(33)27-2)31-10-8-30(9-11-31)14-16-12-19(26)23-17-4-3-5-18(17)24(32)29-21(23)13-16/h6-7,12-13,24,29,32H,3-5,8-11,14H2,1-2H3,(H,27,33). The van der Waals surface area contributed by atoms with E-state index in [1.54, 1.807) is 19.2 Å². The fourth-order valence-electron chi connectivity index (χ4n) is 5.31. The van der Waals surface area contributed by atoms with Crippen LogP contribution in [-0.4, -0.2) is 60.4 Å². The average Bonchev–Trinajstić information content (AvgIpc) is 3.29. The van der Waals surface area contributed by atoms with Crippen LogP contribution in [0.3, 0.4) is 0 Å². The summed E-state index contributed by atoms with van der Waals surface area (Å²) in [5.41, 5.74) is 6.49. The van der Waals surface area contributed by atoms with E-state index in [-0.39, 0.29) is 11.7 Å². The smallest absolute Gasteiger partial charge is 0.269 e. The number of aliphatic hydroxyl groups is 1. The average molecular weight is 452 g/mol. The van der Waals surface area contributed by atoms with Crippen LogP contribution in [0.25, 0.3) is 5.57 Å². The zero-order chi connectivity index (χ0) is 23.1. The minimum Gasteiger partial charge on any atom is -0.370 e. The summed E-state index contributed by atoms with van der Waals surface area (Å²) in [4.78, 5) is 20.9. The molecule has 7 nitrogen and oxygen atoms in total. The van der Waals surface area contributed by atoms with E-state index in [4.69, 9.17) is 0 Å². The predicted octanol–water partition coefficient (Wildman–Crippen LogP) is 2.89. The summed E-state index contributed by atoms with van der Waals surface area (Å²) in [7, 11) is 1.60. The summed E-state index contributed by atoms with van der Waals surface area (Å²) < 4.78 is 15.1. The molecule has 8 heteroatoms. The molecule has 1 saturated heterocycles. The van der Waals surface area contributed by atoms with Crippen LogP contribution >= 0.6 is 0 Å². The van der Waals surface area contributed by atoms with Gasteiger partial charge in [-0.15, -0.1) is 0 Å². The number of carbonyl (C=O) groups excluding carboxylic acids is 1. The second kappa shape index (κ2) is 8.76. The highest BCUT2D eigenvalue weighted by molar-refractivity contribution is 5.92. The lowest BCUT2D eigenvalue weighted by Crippen LogP contribution is -2.46. The Balaban J connectivity index is 1.26. The Bertz CT molecular complexity index is 1120. The van der Waals surface area contributed by atoms with Crippen molar-refractivity contribution in [3.05, 3.63) is 58.2 Å². The number of rotatable bonds is 4. The maximum Gasteiger partial charge on any atom is 0.269 e. The maximum atomic E-state index is 15.1. The maximum absolute atomic E-state index is 15.1. The first kappa shape index (κ1) is 21.9. The first-order chi connectivity index (χ1) is 15.9. The topological polar surface area (TPSA) is 80.7 Å². The van der Waals surface area contributed by atoms with Gasteiger partial charge < -0.3 is 20.6 Å². The Labute approximate surface area is 193 Å². The zero-order valence-electron chi connectivity index (χ0n) is 19.1. The predicted molar refractivity (Wildman–Crippen MR) is 127 cm³/mol. The Morgan fingerprint density at radius 1 is 1.24 bits per heavy atom. The molecular weight excluding hydrogens is 421 g/mol. The fourth-order valence-corrected chi connectivity index (χ4v) is 5.31. The van der Waals surface area contributed by atoms with Crippen LogP contribution in [-0.2, 0) is 6.54 Å². The number of allylic oxidation sites excluding steroid dienone is 1. The van der Waals surface area contributed by atoms with Crippen molar-refractivity contribution < 1.29 is 14.3 Å². The second-order valence-electron chi connectivity index (χ2n) is 9.05. The normalized spacial score (nSPS) is 20.4. The number of nitrogens with zero attached hydrogens (tertiary/aromatic N) is 3. The van der Waals surface area contributed by atoms with E-state index in [0.29, 0.717) is 23.5 Å². The number of hydrogen-bond acceptors (Lipinski definition) is 6. The number of aromatic nitrogens is 1. The Kier molecular flexibility index (Phi) is 5.80. The van der Waals surface area contributed by atoms with Crippen molar-refractivity contribution in [1.29, 1.82) is 0 Å². The Hall–Kier alpha value is -2.97. The zero-order valence-corrected chi connectivity index (χ0v) is 19.1. The van der Waals surface area contributed by atoms with E-state index in [1.165, 1.54) is 0 Å². The lowest BCUT2D eigenvalue weighted by atomic mass is 9.93. The van der Waals surface area contributed by atoms with E-state index in [1.807, 2.05) is 19.1 Å². The van der Waals surface area contributed by atoms with E-state index < -0.39 is 6.23 Å². The number of hydrogen-bond donors (Lipinski definition) is 3. The number of piperazine rings is 1. The highest BCUT2D eigenvalue weighted by atomic mass is 19.1. The largest absolute Gasteiger partial charge is 0.370 e. The summed E-state index contributed by atoms with van der Waals surface area (Å²) in [5.74, 6) is -0.387. The van der Waals surface area contributed by atoms with Crippen LogP contribution in [0.5, 0.6) is 0 Å². The van der Waals surface area contributed by atoms with Crippen molar-refractivity contribution in [2.45, 2.75) is 39.0 Å². The summed E-state index contributed by atoms with van der Waals surface area (Å²) in [5, 5.41) is 16.1. The summed E-state index contributed by atoms with van der Waals surface area (Å²) in [6.45, 7) is 5.96. The molecule has 3 heterocycles. The molecule has 1 unspecified atom stereocenters. The monoisotopic (exact) mass is 451 g/mol. The van der Waals surface area contributed by atoms with Gasteiger partial charge in [-0.3, -0.25) is 9.69 Å². The van der Waals surface area contributed by atoms with Crippen LogP contribution in [0.15, 0.2) is 29.8 Å². The minimum absolute atomic E-state index is 0.186. The van der Waals surface area contributed by atoms with Crippen molar-refractivity contribution in [3.8, 4) is 0 Å². The Morgan fingerprint density at radius 2 is 2.03 bits per heavy atom. The van der Waals surface area contributed by atoms with Crippen molar-refractivity contribution in [2.75, 3.05) is 43.4 Å². The van der Waals surface area contributed by atoms with E-state index in [2.05, 4.69) is 25.4 Å². The molecule has 2 aromatic rings. The minimum atomic E-state index is -0.708. The second-order valence-corrected chi connectivity index (χ2v) is 9.05. The molecule has 1 fully saturated rings. The number of benzene rings is 1. The number of nitrogens with one attached hydrogen (secondary N) is 2. The Morgan fingerprint density at radius 3 is 2.76 bits per heavy atom. The molecule has 174 valence electrons.